The Hall–Kier alpha value is -1.79. The average molecular weight is 217 g/mol. The molecule has 1 rings (SSSR count). The van der Waals surface area contributed by atoms with E-state index in [-0.39, 0.29) is 12.5 Å². The molecule has 0 radical (unpaired) electrons. The largest absolute Gasteiger partial charge is 0.396 e. The van der Waals surface area contributed by atoms with Crippen LogP contribution in [0.4, 0.5) is 5.69 Å². The molecule has 0 fully saturated rings. The van der Waals surface area contributed by atoms with Gasteiger partial charge in [-0.3, -0.25) is 4.79 Å². The number of carbonyl (C=O) groups is 1. The third kappa shape index (κ3) is 4.16. The van der Waals surface area contributed by atoms with E-state index in [0.29, 0.717) is 19.3 Å². The molecule has 3 nitrogen and oxygen atoms in total. The normalized spacial score (nSPS) is 9.50. The molecule has 0 aromatic heterocycles. The molecule has 0 saturated heterocycles. The predicted octanol–water partition coefficient (Wildman–Crippen LogP) is 1.57. The smallest absolute Gasteiger partial charge is 0.225 e. The van der Waals surface area contributed by atoms with Crippen LogP contribution in [-0.2, 0) is 11.2 Å². The van der Waals surface area contributed by atoms with Crippen LogP contribution in [0.15, 0.2) is 24.3 Å². The highest BCUT2D eigenvalue weighted by molar-refractivity contribution is 5.90. The van der Waals surface area contributed by atoms with E-state index in [1.54, 1.807) is 0 Å². The maximum atomic E-state index is 11.3. The molecule has 16 heavy (non-hydrogen) atoms. The lowest BCUT2D eigenvalue weighted by Crippen LogP contribution is -2.10. The molecule has 1 amide bonds. The van der Waals surface area contributed by atoms with Gasteiger partial charge in [0, 0.05) is 25.1 Å². The molecule has 0 aliphatic rings. The number of benzene rings is 1. The summed E-state index contributed by atoms with van der Waals surface area (Å²) in [4.78, 5) is 11.3. The Kier molecular flexibility index (Phi) is 5.10. The topological polar surface area (TPSA) is 49.3 Å². The van der Waals surface area contributed by atoms with Gasteiger partial charge < -0.3 is 10.4 Å². The molecule has 2 N–H and O–H groups in total. The maximum absolute atomic E-state index is 11.3. The zero-order valence-electron chi connectivity index (χ0n) is 9.07. The molecule has 1 aromatic rings. The third-order valence-electron chi connectivity index (χ3n) is 2.13. The second kappa shape index (κ2) is 6.65. The minimum atomic E-state index is -0.0761. The molecular formula is C13H15NO2. The van der Waals surface area contributed by atoms with E-state index in [1.807, 2.05) is 24.3 Å². The molecule has 0 heterocycles. The highest BCUT2D eigenvalue weighted by Gasteiger charge is 2.00. The van der Waals surface area contributed by atoms with Gasteiger partial charge in [-0.05, 0) is 24.1 Å². The standard InChI is InChI=1S/C13H15NO2/c1-2-3-4-13(16)14-12-7-5-11(6-8-12)9-10-15/h1,5-8,15H,3-4,9-10H2,(H,14,16). The van der Waals surface area contributed by atoms with Gasteiger partial charge in [0.2, 0.25) is 5.91 Å². The van der Waals surface area contributed by atoms with Crippen molar-refractivity contribution in [1.29, 1.82) is 0 Å². The molecule has 0 aliphatic carbocycles. The summed E-state index contributed by atoms with van der Waals surface area (Å²) in [6, 6.07) is 7.40. The van der Waals surface area contributed by atoms with Gasteiger partial charge >= 0.3 is 0 Å². The van der Waals surface area contributed by atoms with Gasteiger partial charge in [0.05, 0.1) is 0 Å². The minimum absolute atomic E-state index is 0.0761. The number of nitrogens with one attached hydrogen (secondary N) is 1. The van der Waals surface area contributed by atoms with Crippen LogP contribution in [0.5, 0.6) is 0 Å². The molecule has 84 valence electrons. The Bertz CT molecular complexity index is 376. The number of rotatable bonds is 5. The van der Waals surface area contributed by atoms with Crippen molar-refractivity contribution in [2.24, 2.45) is 0 Å². The van der Waals surface area contributed by atoms with Crippen LogP contribution in [0.1, 0.15) is 18.4 Å². The fraction of sp³-hybridized carbons (Fsp3) is 0.308. The number of carbonyl (C=O) groups excluding carboxylic acids is 1. The van der Waals surface area contributed by atoms with E-state index in [9.17, 15) is 4.79 Å². The van der Waals surface area contributed by atoms with Crippen molar-refractivity contribution < 1.29 is 9.90 Å². The van der Waals surface area contributed by atoms with Crippen molar-refractivity contribution in [3.63, 3.8) is 0 Å². The highest BCUT2D eigenvalue weighted by atomic mass is 16.2. The van der Waals surface area contributed by atoms with Crippen molar-refractivity contribution >= 4 is 11.6 Å². The van der Waals surface area contributed by atoms with Crippen molar-refractivity contribution in [2.75, 3.05) is 11.9 Å². The van der Waals surface area contributed by atoms with Crippen molar-refractivity contribution in [3.8, 4) is 12.3 Å². The van der Waals surface area contributed by atoms with Crippen LogP contribution in [-0.4, -0.2) is 17.6 Å². The van der Waals surface area contributed by atoms with Gasteiger partial charge in [0.25, 0.3) is 0 Å². The fourth-order valence-corrected chi connectivity index (χ4v) is 1.29. The summed E-state index contributed by atoms with van der Waals surface area (Å²) in [5.74, 6) is 2.35. The number of terminal acetylenes is 1. The Morgan fingerprint density at radius 3 is 2.62 bits per heavy atom. The van der Waals surface area contributed by atoms with E-state index in [4.69, 9.17) is 11.5 Å². The highest BCUT2D eigenvalue weighted by Crippen LogP contribution is 2.10. The molecule has 0 unspecified atom stereocenters. The van der Waals surface area contributed by atoms with E-state index in [1.165, 1.54) is 0 Å². The van der Waals surface area contributed by atoms with Crippen LogP contribution in [0.3, 0.4) is 0 Å². The van der Waals surface area contributed by atoms with Crippen LogP contribution in [0.2, 0.25) is 0 Å². The number of aliphatic hydroxyl groups is 1. The first-order chi connectivity index (χ1) is 7.76. The summed E-state index contributed by atoms with van der Waals surface area (Å²) >= 11 is 0. The van der Waals surface area contributed by atoms with E-state index in [2.05, 4.69) is 11.2 Å². The number of anilines is 1. The monoisotopic (exact) mass is 217 g/mol. The van der Waals surface area contributed by atoms with Crippen molar-refractivity contribution in [2.45, 2.75) is 19.3 Å². The summed E-state index contributed by atoms with van der Waals surface area (Å²) in [7, 11) is 0. The van der Waals surface area contributed by atoms with E-state index >= 15 is 0 Å². The summed E-state index contributed by atoms with van der Waals surface area (Å²) in [5.41, 5.74) is 1.80. The zero-order chi connectivity index (χ0) is 11.8. The molecule has 0 atom stereocenters. The second-order valence-corrected chi connectivity index (χ2v) is 3.42. The van der Waals surface area contributed by atoms with Crippen LogP contribution < -0.4 is 5.32 Å². The molecule has 0 saturated carbocycles. The number of hydrogen-bond acceptors (Lipinski definition) is 2. The Balaban J connectivity index is 2.49. The summed E-state index contributed by atoms with van der Waals surface area (Å²) in [6.45, 7) is 0.133. The summed E-state index contributed by atoms with van der Waals surface area (Å²) < 4.78 is 0. The quantitative estimate of drug-likeness (QED) is 0.735. The van der Waals surface area contributed by atoms with Crippen LogP contribution in [0, 0.1) is 12.3 Å². The summed E-state index contributed by atoms with van der Waals surface area (Å²) in [5, 5.41) is 11.5. The van der Waals surface area contributed by atoms with Gasteiger partial charge in [0.15, 0.2) is 0 Å². The van der Waals surface area contributed by atoms with E-state index < -0.39 is 0 Å². The second-order valence-electron chi connectivity index (χ2n) is 3.42. The minimum Gasteiger partial charge on any atom is -0.396 e. The van der Waals surface area contributed by atoms with Crippen LogP contribution in [0.25, 0.3) is 0 Å². The van der Waals surface area contributed by atoms with Crippen molar-refractivity contribution in [3.05, 3.63) is 29.8 Å². The fourth-order valence-electron chi connectivity index (χ4n) is 1.29. The van der Waals surface area contributed by atoms with Gasteiger partial charge in [-0.1, -0.05) is 12.1 Å². The number of amides is 1. The molecule has 0 spiro atoms. The molecule has 1 aromatic carbocycles. The van der Waals surface area contributed by atoms with Gasteiger partial charge in [-0.2, -0.15) is 0 Å². The average Bonchev–Trinajstić information content (AvgIpc) is 2.29. The van der Waals surface area contributed by atoms with E-state index in [0.717, 1.165) is 11.3 Å². The third-order valence-corrected chi connectivity index (χ3v) is 2.13. The number of aliphatic hydroxyl groups excluding tert-OH is 1. The Morgan fingerprint density at radius 2 is 2.06 bits per heavy atom. The Labute approximate surface area is 95.5 Å². The first-order valence-corrected chi connectivity index (χ1v) is 5.19. The molecule has 0 bridgehead atoms. The van der Waals surface area contributed by atoms with Crippen LogP contribution >= 0.6 is 0 Å². The maximum Gasteiger partial charge on any atom is 0.225 e. The summed E-state index contributed by atoms with van der Waals surface area (Å²) in [6.07, 6.45) is 6.49. The predicted molar refractivity (Wildman–Crippen MR) is 63.9 cm³/mol. The Morgan fingerprint density at radius 1 is 1.38 bits per heavy atom. The van der Waals surface area contributed by atoms with Crippen molar-refractivity contribution in [1.82, 2.24) is 0 Å². The lowest BCUT2D eigenvalue weighted by atomic mass is 10.1. The zero-order valence-corrected chi connectivity index (χ0v) is 9.07. The lowest BCUT2D eigenvalue weighted by molar-refractivity contribution is -0.116. The molecule has 3 heteroatoms. The van der Waals surface area contributed by atoms with Gasteiger partial charge in [-0.25, -0.2) is 0 Å². The molecule has 0 aliphatic heterocycles. The first kappa shape index (κ1) is 12.3. The van der Waals surface area contributed by atoms with Gasteiger partial charge in [-0.15, -0.1) is 12.3 Å². The lowest BCUT2D eigenvalue weighted by Gasteiger charge is -2.05. The number of hydrogen-bond donors (Lipinski definition) is 2. The SMILES string of the molecule is C#CCCC(=O)Nc1ccc(CCO)cc1. The van der Waals surface area contributed by atoms with Gasteiger partial charge in [0.1, 0.15) is 0 Å². The molecular weight excluding hydrogens is 202 g/mol. The first-order valence-electron chi connectivity index (χ1n) is 5.19.